The van der Waals surface area contributed by atoms with Crippen LogP contribution in [0.5, 0.6) is 0 Å². The van der Waals surface area contributed by atoms with Crippen molar-refractivity contribution >= 4 is 22.1 Å². The van der Waals surface area contributed by atoms with Gasteiger partial charge in [-0.3, -0.25) is 0 Å². The van der Waals surface area contributed by atoms with Gasteiger partial charge in [0.15, 0.2) is 0 Å². The van der Waals surface area contributed by atoms with Crippen molar-refractivity contribution in [3.63, 3.8) is 0 Å². The fourth-order valence-electron chi connectivity index (χ4n) is 2.33. The normalized spacial score (nSPS) is 22.7. The molecule has 3 nitrogen and oxygen atoms in total. The summed E-state index contributed by atoms with van der Waals surface area (Å²) < 4.78 is 7.11. The van der Waals surface area contributed by atoms with Gasteiger partial charge < -0.3 is 14.2 Å². The molecule has 0 aromatic carbocycles. The second kappa shape index (κ2) is 3.86. The highest BCUT2D eigenvalue weighted by molar-refractivity contribution is 6.74. The topological polar surface area (TPSA) is 9.72 Å². The maximum atomic E-state index is 2.40. The van der Waals surface area contributed by atoms with E-state index in [2.05, 4.69) is 49.2 Å². The smallest absolute Gasteiger partial charge is 0.292 e. The van der Waals surface area contributed by atoms with E-state index in [4.69, 9.17) is 0 Å². The molecule has 12 heavy (non-hydrogen) atoms. The summed E-state index contributed by atoms with van der Waals surface area (Å²) in [6, 6.07) is 0. The number of nitrogens with zero attached hydrogens (tertiary/aromatic N) is 3. The van der Waals surface area contributed by atoms with E-state index in [0.29, 0.717) is 12.8 Å². The fraction of sp³-hybridized carbons (Fsp3) is 1.00. The molecule has 0 N–H and O–H groups in total. The van der Waals surface area contributed by atoms with Gasteiger partial charge in [0.25, 0.3) is 22.1 Å². The van der Waals surface area contributed by atoms with Crippen molar-refractivity contribution in [2.75, 3.05) is 21.1 Å². The molecule has 66 valence electrons. The van der Waals surface area contributed by atoms with Crippen LogP contribution in [0, 0.1) is 0 Å². The predicted octanol–water partition coefficient (Wildman–Crippen LogP) is -0.773. The van der Waals surface area contributed by atoms with Crippen molar-refractivity contribution in [1.29, 1.82) is 0 Å². The van der Waals surface area contributed by atoms with Crippen LogP contribution in [0.2, 0.25) is 5.82 Å². The SMILES string of the molecule is CC(C)B1N(C)BN(C)BN1C. The minimum Gasteiger partial charge on any atom is -0.366 e. The van der Waals surface area contributed by atoms with Gasteiger partial charge in [-0.05, 0) is 27.0 Å². The molecule has 1 saturated heterocycles. The van der Waals surface area contributed by atoms with Crippen molar-refractivity contribution in [1.82, 2.24) is 14.2 Å². The van der Waals surface area contributed by atoms with Gasteiger partial charge in [0, 0.05) is 0 Å². The Bertz CT molecular complexity index is 143. The first kappa shape index (κ1) is 10.2. The van der Waals surface area contributed by atoms with Gasteiger partial charge in [-0.1, -0.05) is 13.8 Å². The summed E-state index contributed by atoms with van der Waals surface area (Å²) in [7, 11) is 8.69. The highest BCUT2D eigenvalue weighted by atomic mass is 15.3. The number of hydrogen-bond donors (Lipinski definition) is 0. The number of hydrogen-bond acceptors (Lipinski definition) is 3. The second-order valence-electron chi connectivity index (χ2n) is 4.31. The molecule has 0 saturated carbocycles. The Morgan fingerprint density at radius 1 is 1.00 bits per heavy atom. The Kier molecular flexibility index (Phi) is 3.26. The molecule has 0 amide bonds. The lowest BCUT2D eigenvalue weighted by Gasteiger charge is -2.42. The molecule has 0 spiro atoms. The van der Waals surface area contributed by atoms with E-state index in [9.17, 15) is 0 Å². The van der Waals surface area contributed by atoms with Crippen molar-refractivity contribution in [2.24, 2.45) is 0 Å². The molecular weight excluding hydrogens is 147 g/mol. The van der Waals surface area contributed by atoms with Crippen LogP contribution in [0.15, 0.2) is 0 Å². The second-order valence-corrected chi connectivity index (χ2v) is 4.31. The molecule has 0 radical (unpaired) electrons. The summed E-state index contributed by atoms with van der Waals surface area (Å²) in [5, 5.41) is 0. The van der Waals surface area contributed by atoms with Crippen LogP contribution in [0.25, 0.3) is 0 Å². The molecule has 0 unspecified atom stereocenters. The van der Waals surface area contributed by atoms with Gasteiger partial charge in [0.05, 0.1) is 0 Å². The first-order valence-corrected chi connectivity index (χ1v) is 4.61. The summed E-state index contributed by atoms with van der Waals surface area (Å²) in [5.74, 6) is 0.702. The van der Waals surface area contributed by atoms with Gasteiger partial charge in [0.2, 0.25) is 0 Å². The summed E-state index contributed by atoms with van der Waals surface area (Å²) in [6.07, 6.45) is 0. The molecule has 1 aliphatic heterocycles. The highest BCUT2D eigenvalue weighted by Crippen LogP contribution is 2.15. The molecule has 1 heterocycles. The maximum absolute atomic E-state index is 2.40. The molecular formula is C6H18B3N3. The lowest BCUT2D eigenvalue weighted by Crippen LogP contribution is -2.65. The van der Waals surface area contributed by atoms with E-state index in [-0.39, 0.29) is 0 Å². The Morgan fingerprint density at radius 2 is 1.42 bits per heavy atom. The predicted molar refractivity (Wildman–Crippen MR) is 58.4 cm³/mol. The van der Waals surface area contributed by atoms with Gasteiger partial charge >= 0.3 is 0 Å². The number of rotatable bonds is 1. The van der Waals surface area contributed by atoms with Gasteiger partial charge in [-0.15, -0.1) is 0 Å². The van der Waals surface area contributed by atoms with Crippen LogP contribution >= 0.6 is 0 Å². The zero-order chi connectivity index (χ0) is 9.30. The monoisotopic (exact) mass is 165 g/mol. The maximum Gasteiger partial charge on any atom is 0.292 e. The average Bonchev–Trinajstić information content (AvgIpc) is 1.82. The largest absolute Gasteiger partial charge is 0.366 e. The lowest BCUT2D eigenvalue weighted by molar-refractivity contribution is 0.558. The van der Waals surface area contributed by atoms with Gasteiger partial charge in [0.1, 0.15) is 0 Å². The van der Waals surface area contributed by atoms with Crippen LogP contribution in [0.4, 0.5) is 0 Å². The molecule has 1 aliphatic rings. The zero-order valence-electron chi connectivity index (χ0n) is 8.91. The average molecular weight is 165 g/mol. The van der Waals surface area contributed by atoms with Crippen molar-refractivity contribution in [2.45, 2.75) is 19.7 Å². The van der Waals surface area contributed by atoms with Crippen LogP contribution in [-0.4, -0.2) is 57.4 Å². The van der Waals surface area contributed by atoms with Gasteiger partial charge in [-0.25, -0.2) is 0 Å². The Hall–Kier alpha value is 0.0748. The summed E-state index contributed by atoms with van der Waals surface area (Å²) in [5.41, 5.74) is 0. The Morgan fingerprint density at radius 3 is 1.75 bits per heavy atom. The summed E-state index contributed by atoms with van der Waals surface area (Å²) >= 11 is 0. The Balaban J connectivity index is 2.60. The van der Waals surface area contributed by atoms with E-state index < -0.39 is 0 Å². The van der Waals surface area contributed by atoms with Crippen molar-refractivity contribution < 1.29 is 0 Å². The van der Waals surface area contributed by atoms with Crippen LogP contribution in [-0.2, 0) is 0 Å². The van der Waals surface area contributed by atoms with Crippen molar-refractivity contribution in [3.8, 4) is 0 Å². The third kappa shape index (κ3) is 2.06. The molecule has 0 aromatic rings. The van der Waals surface area contributed by atoms with E-state index in [0.717, 1.165) is 15.1 Å². The lowest BCUT2D eigenvalue weighted by atomic mass is 9.52. The van der Waals surface area contributed by atoms with Crippen LogP contribution in [0.3, 0.4) is 0 Å². The van der Waals surface area contributed by atoms with E-state index in [1.807, 2.05) is 0 Å². The standard InChI is InChI=1S/C6H18B3N3/c1-6(2)9-11(4)7-10(3)8-12(9)5/h6-8H,1-5H3. The molecule has 6 heteroatoms. The third-order valence-corrected chi connectivity index (χ3v) is 2.43. The van der Waals surface area contributed by atoms with Crippen molar-refractivity contribution in [3.05, 3.63) is 0 Å². The first-order chi connectivity index (χ1) is 5.52. The molecule has 0 atom stereocenters. The molecule has 0 aromatic heterocycles. The third-order valence-electron chi connectivity index (χ3n) is 2.43. The van der Waals surface area contributed by atoms with E-state index in [1.165, 1.54) is 0 Å². The minimum atomic E-state index is 0.598. The zero-order valence-corrected chi connectivity index (χ0v) is 8.91. The fourth-order valence-corrected chi connectivity index (χ4v) is 2.33. The van der Waals surface area contributed by atoms with E-state index >= 15 is 0 Å². The molecule has 0 bridgehead atoms. The van der Waals surface area contributed by atoms with Crippen LogP contribution < -0.4 is 0 Å². The molecule has 0 aliphatic carbocycles. The van der Waals surface area contributed by atoms with E-state index in [1.54, 1.807) is 0 Å². The Labute approximate surface area is 77.8 Å². The highest BCUT2D eigenvalue weighted by Gasteiger charge is 2.34. The summed E-state index contributed by atoms with van der Waals surface area (Å²) in [6.45, 7) is 5.16. The first-order valence-electron chi connectivity index (χ1n) is 4.61. The van der Waals surface area contributed by atoms with Gasteiger partial charge in [-0.2, -0.15) is 0 Å². The quantitative estimate of drug-likeness (QED) is 0.472. The minimum absolute atomic E-state index is 0.598. The molecule has 1 rings (SSSR count). The molecule has 1 fully saturated rings. The van der Waals surface area contributed by atoms with Crippen LogP contribution in [0.1, 0.15) is 13.8 Å². The summed E-state index contributed by atoms with van der Waals surface area (Å²) in [4.78, 5) is 0.